The SMILES string of the molecule is CC(=O)/C(N)=C/c1cc(F)c(F)cc1C. The highest BCUT2D eigenvalue weighted by molar-refractivity contribution is 5.96. The van der Waals surface area contributed by atoms with Gasteiger partial charge in [-0.25, -0.2) is 8.78 Å². The molecule has 0 radical (unpaired) electrons. The fourth-order valence-electron chi connectivity index (χ4n) is 1.09. The fourth-order valence-corrected chi connectivity index (χ4v) is 1.09. The van der Waals surface area contributed by atoms with Gasteiger partial charge < -0.3 is 5.73 Å². The molecule has 15 heavy (non-hydrogen) atoms. The molecule has 1 aromatic carbocycles. The number of Topliss-reactive ketones (excluding diaryl/α,β-unsaturated/α-hetero) is 1. The molecule has 0 amide bonds. The first-order valence-electron chi connectivity index (χ1n) is 4.35. The van der Waals surface area contributed by atoms with Crippen molar-refractivity contribution in [2.75, 3.05) is 0 Å². The minimum Gasteiger partial charge on any atom is -0.396 e. The summed E-state index contributed by atoms with van der Waals surface area (Å²) in [6.07, 6.45) is 1.33. The molecule has 80 valence electrons. The van der Waals surface area contributed by atoms with Crippen molar-refractivity contribution in [1.29, 1.82) is 0 Å². The van der Waals surface area contributed by atoms with Crippen LogP contribution in [0, 0.1) is 18.6 Å². The lowest BCUT2D eigenvalue weighted by molar-refractivity contribution is -0.113. The number of rotatable bonds is 2. The lowest BCUT2D eigenvalue weighted by Crippen LogP contribution is -2.06. The number of hydrogen-bond donors (Lipinski definition) is 1. The van der Waals surface area contributed by atoms with Crippen LogP contribution in [0.3, 0.4) is 0 Å². The Morgan fingerprint density at radius 3 is 2.40 bits per heavy atom. The van der Waals surface area contributed by atoms with Gasteiger partial charge in [0.05, 0.1) is 5.70 Å². The second-order valence-corrected chi connectivity index (χ2v) is 3.28. The molecule has 0 saturated carbocycles. The quantitative estimate of drug-likeness (QED) is 0.762. The van der Waals surface area contributed by atoms with Crippen LogP contribution in [0.15, 0.2) is 17.8 Å². The van der Waals surface area contributed by atoms with Crippen LogP contribution in [0.25, 0.3) is 6.08 Å². The van der Waals surface area contributed by atoms with Gasteiger partial charge in [0.25, 0.3) is 0 Å². The number of ketones is 1. The first-order valence-corrected chi connectivity index (χ1v) is 4.35. The molecule has 0 bridgehead atoms. The summed E-state index contributed by atoms with van der Waals surface area (Å²) in [6.45, 7) is 2.92. The maximum atomic E-state index is 12.9. The Morgan fingerprint density at radius 1 is 1.33 bits per heavy atom. The summed E-state index contributed by atoms with van der Waals surface area (Å²) >= 11 is 0. The van der Waals surface area contributed by atoms with Crippen molar-refractivity contribution in [3.8, 4) is 0 Å². The molecular weight excluding hydrogens is 200 g/mol. The van der Waals surface area contributed by atoms with Crippen molar-refractivity contribution in [3.63, 3.8) is 0 Å². The average molecular weight is 211 g/mol. The van der Waals surface area contributed by atoms with Gasteiger partial charge in [-0.3, -0.25) is 4.79 Å². The fraction of sp³-hybridized carbons (Fsp3) is 0.182. The summed E-state index contributed by atoms with van der Waals surface area (Å²) in [6, 6.07) is 2.08. The van der Waals surface area contributed by atoms with E-state index >= 15 is 0 Å². The third-order valence-electron chi connectivity index (χ3n) is 2.03. The molecule has 0 aliphatic carbocycles. The van der Waals surface area contributed by atoms with E-state index in [1.807, 2.05) is 0 Å². The first-order chi connectivity index (χ1) is 6.91. The van der Waals surface area contributed by atoms with Crippen LogP contribution >= 0.6 is 0 Å². The van der Waals surface area contributed by atoms with Gasteiger partial charge in [0, 0.05) is 6.92 Å². The number of halogens is 2. The highest BCUT2D eigenvalue weighted by Crippen LogP contribution is 2.16. The van der Waals surface area contributed by atoms with E-state index in [1.165, 1.54) is 13.0 Å². The molecule has 0 aliphatic heterocycles. The van der Waals surface area contributed by atoms with Crippen LogP contribution in [0.5, 0.6) is 0 Å². The minimum atomic E-state index is -0.955. The number of carbonyl (C=O) groups excluding carboxylic acids is 1. The third kappa shape index (κ3) is 2.62. The zero-order valence-electron chi connectivity index (χ0n) is 8.47. The van der Waals surface area contributed by atoms with Gasteiger partial charge in [0.15, 0.2) is 17.4 Å². The van der Waals surface area contributed by atoms with Gasteiger partial charge >= 0.3 is 0 Å². The second kappa shape index (κ2) is 4.21. The Morgan fingerprint density at radius 2 is 1.87 bits per heavy atom. The summed E-state index contributed by atoms with van der Waals surface area (Å²) in [5, 5.41) is 0. The van der Waals surface area contributed by atoms with Gasteiger partial charge in [-0.2, -0.15) is 0 Å². The summed E-state index contributed by atoms with van der Waals surface area (Å²) < 4.78 is 25.6. The highest BCUT2D eigenvalue weighted by Gasteiger charge is 2.06. The molecular formula is C11H11F2NO. The molecule has 0 spiro atoms. The zero-order valence-corrected chi connectivity index (χ0v) is 8.47. The molecule has 0 saturated heterocycles. The topological polar surface area (TPSA) is 43.1 Å². The van der Waals surface area contributed by atoms with Gasteiger partial charge in [-0.1, -0.05) is 0 Å². The molecule has 0 atom stereocenters. The summed E-state index contributed by atoms with van der Waals surface area (Å²) in [4.78, 5) is 10.9. The monoisotopic (exact) mass is 211 g/mol. The summed E-state index contributed by atoms with van der Waals surface area (Å²) in [7, 11) is 0. The van der Waals surface area contributed by atoms with E-state index in [0.29, 0.717) is 11.1 Å². The molecule has 4 heteroatoms. The van der Waals surface area contributed by atoms with Crippen LogP contribution in [-0.4, -0.2) is 5.78 Å². The maximum absolute atomic E-state index is 12.9. The van der Waals surface area contributed by atoms with Crippen molar-refractivity contribution in [2.45, 2.75) is 13.8 Å². The molecule has 0 heterocycles. The summed E-state index contributed by atoms with van der Waals surface area (Å²) in [5.74, 6) is -2.17. The number of hydrogen-bond acceptors (Lipinski definition) is 2. The van der Waals surface area contributed by atoms with Crippen LogP contribution < -0.4 is 5.73 Å². The normalized spacial score (nSPS) is 11.6. The number of carbonyl (C=O) groups is 1. The van der Waals surface area contributed by atoms with Crippen LogP contribution in [-0.2, 0) is 4.79 Å². The molecule has 2 nitrogen and oxygen atoms in total. The third-order valence-corrected chi connectivity index (χ3v) is 2.03. The predicted octanol–water partition coefficient (Wildman–Crippen LogP) is 2.16. The largest absolute Gasteiger partial charge is 0.396 e. The van der Waals surface area contributed by atoms with E-state index in [1.54, 1.807) is 6.92 Å². The second-order valence-electron chi connectivity index (χ2n) is 3.28. The molecule has 2 N–H and O–H groups in total. The zero-order chi connectivity index (χ0) is 11.6. The highest BCUT2D eigenvalue weighted by atomic mass is 19.2. The Kier molecular flexibility index (Phi) is 3.19. The van der Waals surface area contributed by atoms with Crippen molar-refractivity contribution in [3.05, 3.63) is 40.6 Å². The lowest BCUT2D eigenvalue weighted by Gasteiger charge is -2.03. The molecule has 0 fully saturated rings. The van der Waals surface area contributed by atoms with Gasteiger partial charge in [-0.05, 0) is 36.3 Å². The Bertz CT molecular complexity index is 438. The van der Waals surface area contributed by atoms with E-state index in [-0.39, 0.29) is 11.5 Å². The number of aryl methyl sites for hydroxylation is 1. The summed E-state index contributed by atoms with van der Waals surface area (Å²) in [5.41, 5.74) is 6.35. The van der Waals surface area contributed by atoms with E-state index in [2.05, 4.69) is 0 Å². The Balaban J connectivity index is 3.22. The average Bonchev–Trinajstić information content (AvgIpc) is 2.13. The molecule has 1 aromatic rings. The first kappa shape index (κ1) is 11.4. The van der Waals surface area contributed by atoms with Crippen LogP contribution in [0.4, 0.5) is 8.78 Å². The van der Waals surface area contributed by atoms with Crippen LogP contribution in [0.2, 0.25) is 0 Å². The minimum absolute atomic E-state index is 0.0177. The van der Waals surface area contributed by atoms with Crippen molar-refractivity contribution < 1.29 is 13.6 Å². The molecule has 0 aliphatic rings. The molecule has 0 aromatic heterocycles. The van der Waals surface area contributed by atoms with E-state index in [9.17, 15) is 13.6 Å². The number of benzene rings is 1. The van der Waals surface area contributed by atoms with Crippen molar-refractivity contribution in [2.24, 2.45) is 5.73 Å². The van der Waals surface area contributed by atoms with Gasteiger partial charge in [0.1, 0.15) is 0 Å². The van der Waals surface area contributed by atoms with E-state index in [0.717, 1.165) is 12.1 Å². The van der Waals surface area contributed by atoms with Gasteiger partial charge in [-0.15, -0.1) is 0 Å². The maximum Gasteiger partial charge on any atom is 0.175 e. The standard InChI is InChI=1S/C11H11F2NO/c1-6-3-9(12)10(13)4-8(6)5-11(14)7(2)15/h3-5H,14H2,1-2H3/b11-5-. The Hall–Kier alpha value is -1.71. The smallest absolute Gasteiger partial charge is 0.175 e. The Labute approximate surface area is 86.4 Å². The molecule has 1 rings (SSSR count). The van der Waals surface area contributed by atoms with E-state index < -0.39 is 11.6 Å². The van der Waals surface area contributed by atoms with E-state index in [4.69, 9.17) is 5.73 Å². The number of allylic oxidation sites excluding steroid dienone is 1. The number of nitrogens with two attached hydrogens (primary N) is 1. The van der Waals surface area contributed by atoms with Crippen molar-refractivity contribution >= 4 is 11.9 Å². The lowest BCUT2D eigenvalue weighted by atomic mass is 10.1. The van der Waals surface area contributed by atoms with Crippen molar-refractivity contribution in [1.82, 2.24) is 0 Å². The predicted molar refractivity (Wildman–Crippen MR) is 53.9 cm³/mol. The van der Waals surface area contributed by atoms with Crippen LogP contribution in [0.1, 0.15) is 18.1 Å². The van der Waals surface area contributed by atoms with Gasteiger partial charge in [0.2, 0.25) is 0 Å². The molecule has 0 unspecified atom stereocenters.